The van der Waals surface area contributed by atoms with E-state index in [2.05, 4.69) is 9.71 Å². The van der Waals surface area contributed by atoms with Crippen molar-refractivity contribution in [3.8, 4) is 10.6 Å². The van der Waals surface area contributed by atoms with Crippen LogP contribution in [0.3, 0.4) is 0 Å². The largest absolute Gasteiger partial charge is 0.241 e. The van der Waals surface area contributed by atoms with Gasteiger partial charge >= 0.3 is 0 Å². The lowest BCUT2D eigenvalue weighted by Crippen LogP contribution is -2.26. The smallest absolute Gasteiger partial charge is 0.240 e. The van der Waals surface area contributed by atoms with Crippen LogP contribution in [-0.2, 0) is 16.4 Å². The van der Waals surface area contributed by atoms with Gasteiger partial charge in [-0.3, -0.25) is 0 Å². The summed E-state index contributed by atoms with van der Waals surface area (Å²) in [6.07, 6.45) is 0.488. The van der Waals surface area contributed by atoms with Crippen LogP contribution in [0.15, 0.2) is 52.7 Å². The van der Waals surface area contributed by atoms with Crippen LogP contribution < -0.4 is 4.72 Å². The van der Waals surface area contributed by atoms with Crippen molar-refractivity contribution in [3.63, 3.8) is 0 Å². The van der Waals surface area contributed by atoms with Crippen LogP contribution >= 0.6 is 11.3 Å². The van der Waals surface area contributed by atoms with E-state index < -0.39 is 10.0 Å². The Hall–Kier alpha value is -2.09. The maximum atomic E-state index is 13.0. The number of thiazole rings is 1. The topological polar surface area (TPSA) is 59.1 Å². The molecular weight excluding hydrogens is 371 g/mol. The van der Waals surface area contributed by atoms with Crippen LogP contribution in [0, 0.1) is 19.7 Å². The van der Waals surface area contributed by atoms with E-state index in [1.54, 1.807) is 30.3 Å². The molecule has 0 saturated carbocycles. The maximum Gasteiger partial charge on any atom is 0.240 e. The van der Waals surface area contributed by atoms with E-state index in [4.69, 9.17) is 0 Å². The second-order valence-corrected chi connectivity index (χ2v) is 8.67. The van der Waals surface area contributed by atoms with Crippen LogP contribution in [0.1, 0.15) is 16.8 Å². The molecule has 7 heteroatoms. The third kappa shape index (κ3) is 4.35. The van der Waals surface area contributed by atoms with E-state index in [0.717, 1.165) is 27.4 Å². The van der Waals surface area contributed by atoms with Crippen molar-refractivity contribution in [2.24, 2.45) is 0 Å². The third-order valence-electron chi connectivity index (χ3n) is 4.10. The van der Waals surface area contributed by atoms with Gasteiger partial charge in [0.2, 0.25) is 10.0 Å². The second kappa shape index (κ2) is 7.65. The Morgan fingerprint density at radius 1 is 1.08 bits per heavy atom. The molecule has 0 aliphatic heterocycles. The molecule has 0 saturated heterocycles. The number of aromatic nitrogens is 1. The average Bonchev–Trinajstić information content (AvgIpc) is 3.06. The first-order valence-corrected chi connectivity index (χ1v) is 10.5. The number of rotatable bonds is 6. The summed E-state index contributed by atoms with van der Waals surface area (Å²) in [5.74, 6) is -0.286. The second-order valence-electron chi connectivity index (χ2n) is 6.04. The van der Waals surface area contributed by atoms with Gasteiger partial charge in [-0.1, -0.05) is 6.07 Å². The van der Waals surface area contributed by atoms with Gasteiger partial charge in [0.15, 0.2) is 0 Å². The highest BCUT2D eigenvalue weighted by Gasteiger charge is 2.14. The van der Waals surface area contributed by atoms with Gasteiger partial charge in [0, 0.05) is 23.9 Å². The van der Waals surface area contributed by atoms with Crippen LogP contribution in [-0.4, -0.2) is 19.9 Å². The Morgan fingerprint density at radius 3 is 2.50 bits per heavy atom. The molecule has 4 nitrogen and oxygen atoms in total. The zero-order chi connectivity index (χ0) is 18.7. The molecule has 0 spiro atoms. The molecule has 1 aromatic heterocycles. The Balaban J connectivity index is 1.62. The highest BCUT2D eigenvalue weighted by Crippen LogP contribution is 2.24. The lowest BCUT2D eigenvalue weighted by molar-refractivity contribution is 0.581. The summed E-state index contributed by atoms with van der Waals surface area (Å²) in [7, 11) is -3.54. The molecule has 0 aliphatic rings. The van der Waals surface area contributed by atoms with Gasteiger partial charge in [-0.25, -0.2) is 22.5 Å². The zero-order valence-electron chi connectivity index (χ0n) is 14.5. The summed E-state index contributed by atoms with van der Waals surface area (Å²) >= 11 is 1.46. The van der Waals surface area contributed by atoms with Crippen LogP contribution in [0.2, 0.25) is 0 Å². The number of nitrogens with zero attached hydrogens (tertiary/aromatic N) is 1. The average molecular weight is 391 g/mol. The van der Waals surface area contributed by atoms with Crippen molar-refractivity contribution in [3.05, 3.63) is 70.5 Å². The Labute approximate surface area is 156 Å². The molecular formula is C19H19FN2O2S2. The van der Waals surface area contributed by atoms with Crippen molar-refractivity contribution >= 4 is 21.4 Å². The molecule has 136 valence electrons. The van der Waals surface area contributed by atoms with Crippen molar-refractivity contribution in [1.82, 2.24) is 9.71 Å². The number of nitrogens with one attached hydrogen (secondary N) is 1. The van der Waals surface area contributed by atoms with Crippen LogP contribution in [0.5, 0.6) is 0 Å². The van der Waals surface area contributed by atoms with Gasteiger partial charge in [-0.2, -0.15) is 0 Å². The molecule has 3 rings (SSSR count). The number of benzene rings is 2. The molecule has 0 radical (unpaired) electrons. The normalized spacial score (nSPS) is 11.7. The predicted octanol–water partition coefficient (Wildman–Crippen LogP) is 4.09. The first-order chi connectivity index (χ1) is 12.3. The predicted molar refractivity (Wildman–Crippen MR) is 102 cm³/mol. The fraction of sp³-hybridized carbons (Fsp3) is 0.211. The molecule has 2 aromatic carbocycles. The summed E-state index contributed by atoms with van der Waals surface area (Å²) in [5.41, 5.74) is 3.64. The van der Waals surface area contributed by atoms with Crippen molar-refractivity contribution in [1.29, 1.82) is 0 Å². The molecule has 1 N–H and O–H groups in total. The quantitative estimate of drug-likeness (QED) is 0.690. The van der Waals surface area contributed by atoms with Gasteiger partial charge in [0.05, 0.1) is 10.6 Å². The molecule has 0 atom stereocenters. The van der Waals surface area contributed by atoms with Crippen LogP contribution in [0.25, 0.3) is 10.6 Å². The first kappa shape index (κ1) is 18.7. The van der Waals surface area contributed by atoms with E-state index in [9.17, 15) is 12.8 Å². The van der Waals surface area contributed by atoms with Crippen molar-refractivity contribution in [2.75, 3.05) is 6.54 Å². The van der Waals surface area contributed by atoms with Gasteiger partial charge in [0.1, 0.15) is 10.8 Å². The fourth-order valence-corrected chi connectivity index (χ4v) is 4.40. The number of sulfonamides is 1. The van der Waals surface area contributed by atoms with Gasteiger partial charge < -0.3 is 0 Å². The van der Waals surface area contributed by atoms with E-state index in [1.807, 2.05) is 19.2 Å². The highest BCUT2D eigenvalue weighted by molar-refractivity contribution is 7.89. The monoisotopic (exact) mass is 390 g/mol. The SMILES string of the molecule is Cc1ccc(S(=O)(=O)NCCc2csc(-c3ccc(F)cc3)n2)cc1C. The summed E-state index contributed by atoms with van der Waals surface area (Å²) < 4.78 is 40.4. The summed E-state index contributed by atoms with van der Waals surface area (Å²) in [6.45, 7) is 4.10. The lowest BCUT2D eigenvalue weighted by Gasteiger charge is -2.08. The molecule has 0 bridgehead atoms. The molecule has 0 fully saturated rings. The number of aryl methyl sites for hydroxylation is 2. The minimum absolute atomic E-state index is 0.266. The minimum atomic E-state index is -3.54. The van der Waals surface area contributed by atoms with Crippen molar-refractivity contribution in [2.45, 2.75) is 25.2 Å². The van der Waals surface area contributed by atoms with E-state index in [1.165, 1.54) is 23.5 Å². The van der Waals surface area contributed by atoms with E-state index in [0.29, 0.717) is 6.42 Å². The van der Waals surface area contributed by atoms with Crippen molar-refractivity contribution < 1.29 is 12.8 Å². The summed E-state index contributed by atoms with van der Waals surface area (Å²) in [6, 6.07) is 11.2. The number of halogens is 1. The Morgan fingerprint density at radius 2 is 1.81 bits per heavy atom. The molecule has 1 heterocycles. The number of hydrogen-bond acceptors (Lipinski definition) is 4. The first-order valence-electron chi connectivity index (χ1n) is 8.12. The molecule has 3 aromatic rings. The molecule has 26 heavy (non-hydrogen) atoms. The van der Waals surface area contributed by atoms with Gasteiger partial charge in [0.25, 0.3) is 0 Å². The molecule has 0 unspecified atom stereocenters. The highest BCUT2D eigenvalue weighted by atomic mass is 32.2. The Kier molecular flexibility index (Phi) is 5.50. The minimum Gasteiger partial charge on any atom is -0.241 e. The molecule has 0 aliphatic carbocycles. The van der Waals surface area contributed by atoms with E-state index in [-0.39, 0.29) is 17.3 Å². The Bertz CT molecular complexity index is 1010. The maximum absolute atomic E-state index is 13.0. The third-order valence-corrected chi connectivity index (χ3v) is 6.50. The number of hydrogen-bond donors (Lipinski definition) is 1. The summed E-state index contributed by atoms with van der Waals surface area (Å²) in [5, 5.41) is 2.68. The van der Waals surface area contributed by atoms with E-state index >= 15 is 0 Å². The van der Waals surface area contributed by atoms with Gasteiger partial charge in [-0.15, -0.1) is 11.3 Å². The lowest BCUT2D eigenvalue weighted by atomic mass is 10.1. The molecule has 0 amide bonds. The standard InChI is InChI=1S/C19H19FN2O2S2/c1-13-3-8-18(11-14(13)2)26(23,24)21-10-9-17-12-25-19(22-17)15-4-6-16(20)7-5-15/h3-8,11-12,21H,9-10H2,1-2H3. The fourth-order valence-electron chi connectivity index (χ4n) is 2.42. The summed E-state index contributed by atoms with van der Waals surface area (Å²) in [4.78, 5) is 4.76. The van der Waals surface area contributed by atoms with Crippen LogP contribution in [0.4, 0.5) is 4.39 Å². The van der Waals surface area contributed by atoms with Gasteiger partial charge in [-0.05, 0) is 61.4 Å². The zero-order valence-corrected chi connectivity index (χ0v) is 16.1.